The molecule has 2 aliphatic rings. The summed E-state index contributed by atoms with van der Waals surface area (Å²) in [5.41, 5.74) is 0.446. The quantitative estimate of drug-likeness (QED) is 0.294. The second kappa shape index (κ2) is 14.5. The fourth-order valence-electron chi connectivity index (χ4n) is 4.22. The Balaban J connectivity index is 0.000000510. The number of carbonyl (C=O) groups is 3. The average Bonchev–Trinajstić information content (AvgIpc) is 3.26. The Labute approximate surface area is 226 Å². The maximum atomic E-state index is 12.6. The van der Waals surface area contributed by atoms with Crippen molar-refractivity contribution in [3.8, 4) is 11.8 Å². The molecule has 2 heterocycles. The van der Waals surface area contributed by atoms with Crippen molar-refractivity contribution < 1.29 is 23.9 Å². The highest BCUT2D eigenvalue weighted by atomic mass is 32.1. The van der Waals surface area contributed by atoms with Crippen molar-refractivity contribution in [3.63, 3.8) is 0 Å². The number of hydrogen-bond donors (Lipinski definition) is 0. The SMILES string of the molecule is CC1CCC(C)CC1.COC(=O)c1sc(C#CC(C)(C)C)cc1CN(C=O)CC(=O)N1CCOC(C)C1. The number of hydrogen-bond acceptors (Lipinski definition) is 6. The topological polar surface area (TPSA) is 76.2 Å². The van der Waals surface area contributed by atoms with Crippen LogP contribution in [0.4, 0.5) is 0 Å². The minimum Gasteiger partial charge on any atom is -0.465 e. The Hall–Kier alpha value is -2.37. The van der Waals surface area contributed by atoms with E-state index in [0.29, 0.717) is 36.5 Å². The molecular weight excluding hydrogens is 488 g/mol. The zero-order valence-electron chi connectivity index (χ0n) is 23.6. The number of carbonyl (C=O) groups excluding carboxylic acids is 3. The van der Waals surface area contributed by atoms with Crippen molar-refractivity contribution >= 4 is 29.6 Å². The molecule has 7 nitrogen and oxygen atoms in total. The van der Waals surface area contributed by atoms with E-state index in [9.17, 15) is 14.4 Å². The third-order valence-electron chi connectivity index (χ3n) is 6.50. The van der Waals surface area contributed by atoms with Crippen molar-refractivity contribution in [1.82, 2.24) is 9.80 Å². The Bertz CT molecular complexity index is 953. The molecule has 0 radical (unpaired) electrons. The molecule has 0 spiro atoms. The standard InChI is InChI=1S/C21H28N2O5S.C8H16/c1-15-11-23(8-9-28-15)18(25)13-22(14-24)12-16-10-17(6-7-21(2,3)4)29-19(16)20(26)27-5;1-7-3-5-8(2)6-4-7/h10,14-15H,8-9,11-13H2,1-5H3;7-8H,3-6H2,1-2H3. The first-order valence-electron chi connectivity index (χ1n) is 13.2. The molecule has 1 saturated carbocycles. The molecule has 1 aromatic rings. The average molecular weight is 533 g/mol. The van der Waals surface area contributed by atoms with E-state index in [-0.39, 0.29) is 30.5 Å². The summed E-state index contributed by atoms with van der Waals surface area (Å²) >= 11 is 1.23. The molecule has 3 rings (SSSR count). The van der Waals surface area contributed by atoms with E-state index >= 15 is 0 Å². The molecule has 0 bridgehead atoms. The van der Waals surface area contributed by atoms with Gasteiger partial charge in [-0.25, -0.2) is 4.79 Å². The number of ether oxygens (including phenoxy) is 2. The first-order chi connectivity index (χ1) is 17.4. The Kier molecular flexibility index (Phi) is 12.1. The van der Waals surface area contributed by atoms with Gasteiger partial charge in [0.1, 0.15) is 4.88 Å². The second-order valence-corrected chi connectivity index (χ2v) is 12.4. The number of thiophene rings is 1. The molecule has 2 amide bonds. The third kappa shape index (κ3) is 10.9. The minimum absolute atomic E-state index is 0.0240. The summed E-state index contributed by atoms with van der Waals surface area (Å²) < 4.78 is 10.3. The van der Waals surface area contributed by atoms with Gasteiger partial charge >= 0.3 is 5.97 Å². The molecule has 2 fully saturated rings. The lowest BCUT2D eigenvalue weighted by Crippen LogP contribution is -2.48. The van der Waals surface area contributed by atoms with Crippen LogP contribution in [0.2, 0.25) is 0 Å². The molecule has 1 aliphatic heterocycles. The van der Waals surface area contributed by atoms with E-state index in [1.54, 1.807) is 11.0 Å². The number of esters is 1. The normalized spacial score (nSPS) is 21.6. The number of rotatable bonds is 6. The number of nitrogens with zero attached hydrogens (tertiary/aromatic N) is 2. The van der Waals surface area contributed by atoms with Crippen molar-refractivity contribution in [2.24, 2.45) is 17.3 Å². The molecule has 1 aliphatic carbocycles. The van der Waals surface area contributed by atoms with E-state index in [4.69, 9.17) is 9.47 Å². The molecule has 8 heteroatoms. The van der Waals surface area contributed by atoms with E-state index in [1.807, 2.05) is 27.7 Å². The highest BCUT2D eigenvalue weighted by Gasteiger charge is 2.24. The van der Waals surface area contributed by atoms with Gasteiger partial charge in [0.2, 0.25) is 12.3 Å². The van der Waals surface area contributed by atoms with Crippen molar-refractivity contribution in [2.75, 3.05) is 33.4 Å². The van der Waals surface area contributed by atoms with Crippen LogP contribution in [0.3, 0.4) is 0 Å². The first-order valence-corrected chi connectivity index (χ1v) is 14.1. The van der Waals surface area contributed by atoms with Gasteiger partial charge in [-0.05, 0) is 51.2 Å². The summed E-state index contributed by atoms with van der Waals surface area (Å²) in [7, 11) is 1.31. The summed E-state index contributed by atoms with van der Waals surface area (Å²) in [5, 5.41) is 0. The summed E-state index contributed by atoms with van der Waals surface area (Å²) in [6.45, 7) is 14.2. The largest absolute Gasteiger partial charge is 0.465 e. The molecule has 1 unspecified atom stereocenters. The van der Waals surface area contributed by atoms with Crippen LogP contribution in [-0.2, 0) is 25.6 Å². The van der Waals surface area contributed by atoms with Crippen LogP contribution in [0.5, 0.6) is 0 Å². The van der Waals surface area contributed by atoms with E-state index < -0.39 is 5.97 Å². The van der Waals surface area contributed by atoms with Crippen LogP contribution in [0, 0.1) is 29.1 Å². The maximum absolute atomic E-state index is 12.6. The molecule has 206 valence electrons. The van der Waals surface area contributed by atoms with Gasteiger partial charge in [0, 0.05) is 25.0 Å². The summed E-state index contributed by atoms with van der Waals surface area (Å²) in [4.78, 5) is 40.5. The van der Waals surface area contributed by atoms with Crippen molar-refractivity contribution in [3.05, 3.63) is 21.4 Å². The van der Waals surface area contributed by atoms with Gasteiger partial charge in [0.05, 0.1) is 31.2 Å². The van der Waals surface area contributed by atoms with Crippen LogP contribution in [0.1, 0.15) is 87.3 Å². The fourth-order valence-corrected chi connectivity index (χ4v) is 5.16. The van der Waals surface area contributed by atoms with E-state index in [2.05, 4.69) is 25.7 Å². The molecule has 1 atom stereocenters. The summed E-state index contributed by atoms with van der Waals surface area (Å²) in [6.07, 6.45) is 6.50. The highest BCUT2D eigenvalue weighted by molar-refractivity contribution is 7.14. The Morgan fingerprint density at radius 3 is 2.32 bits per heavy atom. The molecule has 1 aromatic heterocycles. The lowest BCUT2D eigenvalue weighted by Gasteiger charge is -2.32. The minimum atomic E-state index is -0.479. The predicted octanol–water partition coefficient (Wildman–Crippen LogP) is 4.97. The smallest absolute Gasteiger partial charge is 0.348 e. The summed E-state index contributed by atoms with van der Waals surface area (Å²) in [5.74, 6) is 7.63. The van der Waals surface area contributed by atoms with Gasteiger partial charge in [0.15, 0.2) is 0 Å². The van der Waals surface area contributed by atoms with Crippen molar-refractivity contribution in [2.45, 2.75) is 79.9 Å². The second-order valence-electron chi connectivity index (χ2n) is 11.4. The van der Waals surface area contributed by atoms with E-state index in [0.717, 1.165) is 16.7 Å². The van der Waals surface area contributed by atoms with Gasteiger partial charge in [-0.2, -0.15) is 0 Å². The third-order valence-corrected chi connectivity index (χ3v) is 7.57. The van der Waals surface area contributed by atoms with Gasteiger partial charge < -0.3 is 19.3 Å². The Morgan fingerprint density at radius 1 is 1.19 bits per heavy atom. The van der Waals surface area contributed by atoms with Gasteiger partial charge in [-0.15, -0.1) is 11.3 Å². The van der Waals surface area contributed by atoms with Gasteiger partial charge in [-0.3, -0.25) is 9.59 Å². The summed E-state index contributed by atoms with van der Waals surface area (Å²) in [6, 6.07) is 1.79. The van der Waals surface area contributed by atoms with Gasteiger partial charge in [0.25, 0.3) is 0 Å². The number of morpholine rings is 1. The van der Waals surface area contributed by atoms with Crippen molar-refractivity contribution in [1.29, 1.82) is 0 Å². The highest BCUT2D eigenvalue weighted by Crippen LogP contribution is 2.27. The monoisotopic (exact) mass is 532 g/mol. The van der Waals surface area contributed by atoms with Crippen LogP contribution >= 0.6 is 11.3 Å². The van der Waals surface area contributed by atoms with Crippen LogP contribution in [0.15, 0.2) is 6.07 Å². The van der Waals surface area contributed by atoms with Crippen LogP contribution < -0.4 is 0 Å². The van der Waals surface area contributed by atoms with Crippen LogP contribution in [0.25, 0.3) is 0 Å². The molecule has 1 saturated heterocycles. The lowest BCUT2D eigenvalue weighted by molar-refractivity contribution is -0.141. The fraction of sp³-hybridized carbons (Fsp3) is 0.690. The molecule has 37 heavy (non-hydrogen) atoms. The predicted molar refractivity (Wildman–Crippen MR) is 147 cm³/mol. The zero-order valence-corrected chi connectivity index (χ0v) is 24.4. The Morgan fingerprint density at radius 2 is 1.81 bits per heavy atom. The molecule has 0 N–H and O–H groups in total. The molecular formula is C29H44N2O5S. The zero-order chi connectivity index (χ0) is 27.6. The maximum Gasteiger partial charge on any atom is 0.348 e. The van der Waals surface area contributed by atoms with Gasteiger partial charge in [-0.1, -0.05) is 51.4 Å². The molecule has 0 aromatic carbocycles. The number of methoxy groups -OCH3 is 1. The number of amides is 2. The first kappa shape index (κ1) is 30.9. The lowest BCUT2D eigenvalue weighted by atomic mass is 9.84. The van der Waals surface area contributed by atoms with E-state index in [1.165, 1.54) is 49.0 Å². The van der Waals surface area contributed by atoms with Crippen LogP contribution in [-0.4, -0.2) is 67.5 Å².